The molecule has 4 heterocycles. The number of H-pyrrole nitrogens is 1. The number of ether oxygens (including phenoxy) is 1. The van der Waals surface area contributed by atoms with Crippen LogP contribution in [0.1, 0.15) is 30.1 Å². The highest BCUT2D eigenvalue weighted by Gasteiger charge is 2.23. The second-order valence-corrected chi connectivity index (χ2v) is 10.7. The molecule has 3 aromatic heterocycles. The second kappa shape index (κ2) is 12.9. The van der Waals surface area contributed by atoms with Crippen molar-refractivity contribution in [2.45, 2.75) is 38.3 Å². The van der Waals surface area contributed by atoms with Gasteiger partial charge in [0.1, 0.15) is 22.5 Å². The van der Waals surface area contributed by atoms with Crippen LogP contribution in [0.5, 0.6) is 0 Å². The Morgan fingerprint density at radius 2 is 2.08 bits per heavy atom. The van der Waals surface area contributed by atoms with Gasteiger partial charge in [0.2, 0.25) is 5.89 Å². The fraction of sp³-hybridized carbons (Fsp3) is 0.360. The third-order valence-electron chi connectivity index (χ3n) is 5.96. The van der Waals surface area contributed by atoms with Crippen LogP contribution in [-0.4, -0.2) is 49.0 Å². The van der Waals surface area contributed by atoms with Crippen molar-refractivity contribution in [3.8, 4) is 0 Å². The van der Waals surface area contributed by atoms with E-state index in [0.29, 0.717) is 39.3 Å². The molecule has 1 aliphatic rings. The lowest BCUT2D eigenvalue weighted by Crippen LogP contribution is -2.35. The summed E-state index contributed by atoms with van der Waals surface area (Å²) in [5, 5.41) is 12.9. The number of hydrogen-bond acceptors (Lipinski definition) is 10. The van der Waals surface area contributed by atoms with Crippen LogP contribution >= 0.6 is 35.0 Å². The van der Waals surface area contributed by atoms with Gasteiger partial charge >= 0.3 is 5.69 Å². The van der Waals surface area contributed by atoms with Crippen LogP contribution < -0.4 is 22.3 Å². The predicted octanol–water partition coefficient (Wildman–Crippen LogP) is 3.75. The number of anilines is 2. The van der Waals surface area contributed by atoms with Gasteiger partial charge in [-0.15, -0.1) is 11.8 Å². The first-order valence-corrected chi connectivity index (χ1v) is 13.9. The zero-order chi connectivity index (χ0) is 28.1. The number of aryl methyl sites for hydroxylation is 2. The summed E-state index contributed by atoms with van der Waals surface area (Å²) in [5.74, 6) is 1.37. The van der Waals surface area contributed by atoms with E-state index in [1.54, 1.807) is 24.4 Å². The molecule has 0 bridgehead atoms. The van der Waals surface area contributed by atoms with Crippen molar-refractivity contribution in [2.75, 3.05) is 30.0 Å². The normalized spacial score (nSPS) is 17.1. The number of aliphatic hydroxyl groups is 1. The number of aliphatic hydroxyl groups excluding tert-OH is 1. The lowest BCUT2D eigenvalue weighted by atomic mass is 10.1. The van der Waals surface area contributed by atoms with E-state index in [-0.39, 0.29) is 41.7 Å². The molecule has 0 aliphatic carbocycles. The fourth-order valence-electron chi connectivity index (χ4n) is 3.92. The highest BCUT2D eigenvalue weighted by molar-refractivity contribution is 7.99. The van der Waals surface area contributed by atoms with Gasteiger partial charge in [-0.1, -0.05) is 30.1 Å². The number of thioether (sulfide) groups is 1. The van der Waals surface area contributed by atoms with E-state index < -0.39 is 0 Å². The van der Waals surface area contributed by atoms with Crippen LogP contribution in [-0.2, 0) is 17.7 Å². The standard InChI is InChI=1S/C16H15Cl2N3O2.C9H13N3O3S/c1-3-9-4-12(16(22)20-8(9)2)19-7-14-21-15-11(18)5-10(17)6-13(15)23-14;10-7-1-2-12(9(14)11-7)6-4-15-8(3-13)16-5-6/h4-6,19H,3,7H2,1-2H3,(H,20,22);1-2,6,8,13H,3-5H2,(H2,10,11,14)/t;6-,8+/m.0/s1. The van der Waals surface area contributed by atoms with Crippen molar-refractivity contribution in [1.29, 1.82) is 0 Å². The Morgan fingerprint density at radius 1 is 1.28 bits per heavy atom. The van der Waals surface area contributed by atoms with E-state index in [1.807, 2.05) is 19.9 Å². The van der Waals surface area contributed by atoms with Crippen molar-refractivity contribution >= 4 is 57.6 Å². The molecule has 0 saturated carbocycles. The van der Waals surface area contributed by atoms with Gasteiger partial charge in [0.15, 0.2) is 5.58 Å². The zero-order valence-electron chi connectivity index (χ0n) is 21.2. The second-order valence-electron chi connectivity index (χ2n) is 8.69. The largest absolute Gasteiger partial charge is 0.439 e. The number of nitrogens with zero attached hydrogens (tertiary/aromatic N) is 3. The summed E-state index contributed by atoms with van der Waals surface area (Å²) in [7, 11) is 0. The number of fused-ring (bicyclic) bond motifs is 1. The number of halogens is 2. The smallest absolute Gasteiger partial charge is 0.349 e. The lowest BCUT2D eigenvalue weighted by molar-refractivity contribution is 0.0435. The van der Waals surface area contributed by atoms with Crippen LogP contribution in [0, 0.1) is 6.92 Å². The van der Waals surface area contributed by atoms with Gasteiger partial charge < -0.3 is 30.3 Å². The van der Waals surface area contributed by atoms with Crippen molar-refractivity contribution in [2.24, 2.45) is 0 Å². The molecule has 0 unspecified atom stereocenters. The van der Waals surface area contributed by atoms with Gasteiger partial charge in [0, 0.05) is 28.7 Å². The number of pyridine rings is 1. The number of nitrogens with two attached hydrogens (primary N) is 1. The highest BCUT2D eigenvalue weighted by atomic mass is 35.5. The first-order valence-electron chi connectivity index (χ1n) is 12.1. The molecular weight excluding hydrogens is 567 g/mol. The van der Waals surface area contributed by atoms with Gasteiger partial charge in [0.05, 0.1) is 30.8 Å². The third-order valence-corrected chi connectivity index (χ3v) is 7.70. The SMILES string of the molecule is CCc1cc(NCc2nc3c(Cl)cc(Cl)cc3o2)c(=O)[nH]c1C.Nc1ccn([C@H]2CO[C@@H](CO)SC2)c(=O)n1. The maximum atomic E-state index is 12.0. The quantitative estimate of drug-likeness (QED) is 0.258. The van der Waals surface area contributed by atoms with Crippen LogP contribution in [0.15, 0.2) is 44.5 Å². The molecular formula is C25H28Cl2N6O5S. The van der Waals surface area contributed by atoms with Crippen molar-refractivity contribution < 1.29 is 14.3 Å². The van der Waals surface area contributed by atoms with Gasteiger partial charge in [-0.05, 0) is 37.1 Å². The van der Waals surface area contributed by atoms with Crippen LogP contribution in [0.4, 0.5) is 11.5 Å². The van der Waals surface area contributed by atoms with E-state index in [0.717, 1.165) is 23.4 Å². The number of nitrogen functional groups attached to an aromatic ring is 1. The number of rotatable bonds is 6. The van der Waals surface area contributed by atoms with Gasteiger partial charge in [-0.3, -0.25) is 9.36 Å². The fourth-order valence-corrected chi connectivity index (χ4v) is 5.41. The summed E-state index contributed by atoms with van der Waals surface area (Å²) >= 11 is 13.5. The Kier molecular flexibility index (Phi) is 9.57. The summed E-state index contributed by atoms with van der Waals surface area (Å²) < 4.78 is 12.5. The third kappa shape index (κ3) is 7.14. The zero-order valence-corrected chi connectivity index (χ0v) is 23.6. The van der Waals surface area contributed by atoms with Gasteiger partial charge in [-0.25, -0.2) is 9.78 Å². The molecule has 0 amide bonds. The minimum Gasteiger partial charge on any atom is -0.439 e. The molecule has 1 aromatic carbocycles. The summed E-state index contributed by atoms with van der Waals surface area (Å²) in [4.78, 5) is 34.4. The molecule has 208 valence electrons. The molecule has 5 rings (SSSR count). The molecule has 1 aliphatic heterocycles. The molecule has 0 spiro atoms. The monoisotopic (exact) mass is 594 g/mol. The number of aromatic nitrogens is 4. The van der Waals surface area contributed by atoms with Gasteiger partial charge in [-0.2, -0.15) is 4.98 Å². The Bertz CT molecular complexity index is 1570. The molecule has 39 heavy (non-hydrogen) atoms. The summed E-state index contributed by atoms with van der Waals surface area (Å²) in [6, 6.07) is 6.66. The van der Waals surface area contributed by atoms with E-state index in [1.165, 1.54) is 16.3 Å². The number of aromatic amines is 1. The molecule has 14 heteroatoms. The Balaban J connectivity index is 0.000000193. The van der Waals surface area contributed by atoms with Crippen molar-refractivity contribution in [3.05, 3.63) is 78.5 Å². The van der Waals surface area contributed by atoms with E-state index in [4.69, 9.17) is 43.2 Å². The van der Waals surface area contributed by atoms with Crippen LogP contribution in [0.3, 0.4) is 0 Å². The average molecular weight is 596 g/mol. The van der Waals surface area contributed by atoms with Crippen LogP contribution in [0.25, 0.3) is 11.1 Å². The summed E-state index contributed by atoms with van der Waals surface area (Å²) in [5.41, 5.74) is 8.21. The minimum atomic E-state index is -0.364. The number of oxazole rings is 1. The van der Waals surface area contributed by atoms with E-state index >= 15 is 0 Å². The topological polar surface area (TPSA) is 161 Å². The molecule has 1 fully saturated rings. The molecule has 11 nitrogen and oxygen atoms in total. The molecule has 0 radical (unpaired) electrons. The highest BCUT2D eigenvalue weighted by Crippen LogP contribution is 2.28. The first-order chi connectivity index (χ1) is 18.7. The van der Waals surface area contributed by atoms with E-state index in [2.05, 4.69) is 20.3 Å². The molecule has 1 saturated heterocycles. The lowest BCUT2D eigenvalue weighted by Gasteiger charge is -2.28. The Hall–Kier alpha value is -3.03. The Labute approximate surface area is 237 Å². The molecule has 2 atom stereocenters. The molecule has 5 N–H and O–H groups in total. The minimum absolute atomic E-state index is 0.00767. The average Bonchev–Trinajstić information content (AvgIpc) is 3.32. The Morgan fingerprint density at radius 3 is 2.74 bits per heavy atom. The maximum absolute atomic E-state index is 12.0. The number of benzene rings is 1. The summed E-state index contributed by atoms with van der Waals surface area (Å²) in [6.45, 7) is 4.60. The van der Waals surface area contributed by atoms with E-state index in [9.17, 15) is 9.59 Å². The van der Waals surface area contributed by atoms with Crippen LogP contribution in [0.2, 0.25) is 10.0 Å². The van der Waals surface area contributed by atoms with Crippen molar-refractivity contribution in [1.82, 2.24) is 19.5 Å². The number of nitrogens with one attached hydrogen (secondary N) is 2. The number of hydrogen-bond donors (Lipinski definition) is 4. The van der Waals surface area contributed by atoms with Crippen molar-refractivity contribution in [3.63, 3.8) is 0 Å². The first kappa shape index (κ1) is 29.0. The summed E-state index contributed by atoms with van der Waals surface area (Å²) in [6.07, 6.45) is 2.47. The van der Waals surface area contributed by atoms with Gasteiger partial charge in [0.25, 0.3) is 5.56 Å². The maximum Gasteiger partial charge on any atom is 0.349 e. The predicted molar refractivity (Wildman–Crippen MR) is 154 cm³/mol. The molecule has 4 aromatic rings.